The number of nitrogens with one attached hydrogen (secondary N) is 1. The third-order valence-corrected chi connectivity index (χ3v) is 7.03. The highest BCUT2D eigenvalue weighted by atomic mass is 79.9. The fourth-order valence-corrected chi connectivity index (χ4v) is 5.20. The third-order valence-electron chi connectivity index (χ3n) is 6.39. The number of imide groups is 2. The fraction of sp³-hybridized carbons (Fsp3) is 0.269. The first-order valence-electron chi connectivity index (χ1n) is 11.6. The van der Waals surface area contributed by atoms with E-state index in [1.54, 1.807) is 12.1 Å². The molecule has 9 nitrogen and oxygen atoms in total. The lowest BCUT2D eigenvalue weighted by molar-refractivity contribution is -0.130. The van der Waals surface area contributed by atoms with Gasteiger partial charge in [-0.1, -0.05) is 0 Å². The minimum atomic E-state index is -0.769. The van der Waals surface area contributed by atoms with Crippen LogP contribution in [0.2, 0.25) is 0 Å². The van der Waals surface area contributed by atoms with E-state index in [0.717, 1.165) is 45.2 Å². The molecule has 0 spiro atoms. The fourth-order valence-electron chi connectivity index (χ4n) is 4.58. The van der Waals surface area contributed by atoms with E-state index in [0.29, 0.717) is 24.5 Å². The maximum absolute atomic E-state index is 13.1. The second-order valence-electron chi connectivity index (χ2n) is 8.68. The van der Waals surface area contributed by atoms with Crippen LogP contribution in [0.3, 0.4) is 0 Å². The molecule has 0 radical (unpaired) electrons. The highest BCUT2D eigenvalue weighted by molar-refractivity contribution is 9.10. The van der Waals surface area contributed by atoms with Crippen molar-refractivity contribution in [3.05, 3.63) is 75.4 Å². The van der Waals surface area contributed by atoms with Crippen LogP contribution in [-0.2, 0) is 20.9 Å². The van der Waals surface area contributed by atoms with E-state index in [4.69, 9.17) is 9.15 Å². The smallest absolute Gasteiger partial charge is 0.331 e. The third kappa shape index (κ3) is 4.49. The Balaban J connectivity index is 1.45. The molecule has 2 fully saturated rings. The van der Waals surface area contributed by atoms with Gasteiger partial charge in [-0.25, -0.2) is 4.79 Å². The number of hydrogen-bond acceptors (Lipinski definition) is 6. The number of barbiturate groups is 1. The molecule has 0 saturated carbocycles. The minimum Gasteiger partial charge on any atom is -0.467 e. The Kier molecular flexibility index (Phi) is 6.55. The van der Waals surface area contributed by atoms with Gasteiger partial charge in [-0.15, -0.1) is 0 Å². The molecule has 2 aromatic heterocycles. The molecule has 2 aliphatic heterocycles. The molecule has 36 heavy (non-hydrogen) atoms. The highest BCUT2D eigenvalue weighted by Crippen LogP contribution is 2.32. The Morgan fingerprint density at radius 1 is 1.08 bits per heavy atom. The number of nitrogens with zero attached hydrogens (tertiary/aromatic N) is 3. The van der Waals surface area contributed by atoms with Crippen molar-refractivity contribution >= 4 is 45.5 Å². The van der Waals surface area contributed by atoms with Gasteiger partial charge in [-0.3, -0.25) is 19.8 Å². The molecule has 10 heteroatoms. The van der Waals surface area contributed by atoms with E-state index in [2.05, 4.69) is 48.9 Å². The molecule has 0 aliphatic carbocycles. The molecule has 0 bridgehead atoms. The van der Waals surface area contributed by atoms with Gasteiger partial charge in [0.15, 0.2) is 0 Å². The Labute approximate surface area is 216 Å². The molecule has 2 saturated heterocycles. The van der Waals surface area contributed by atoms with Crippen LogP contribution >= 0.6 is 15.9 Å². The summed E-state index contributed by atoms with van der Waals surface area (Å²) in [5, 5.41) is 2.25. The Morgan fingerprint density at radius 3 is 2.56 bits per heavy atom. The highest BCUT2D eigenvalue weighted by Gasteiger charge is 2.36. The number of hydrogen-bond donors (Lipinski definition) is 1. The molecule has 1 aromatic carbocycles. The van der Waals surface area contributed by atoms with E-state index < -0.39 is 17.8 Å². The zero-order valence-corrected chi connectivity index (χ0v) is 21.5. The van der Waals surface area contributed by atoms with Gasteiger partial charge in [-0.2, -0.15) is 0 Å². The van der Waals surface area contributed by atoms with Gasteiger partial charge in [0.25, 0.3) is 11.8 Å². The number of rotatable bonds is 5. The molecular weight excluding hydrogens is 528 g/mol. The largest absolute Gasteiger partial charge is 0.467 e. The number of ether oxygens (including phenoxy) is 1. The van der Waals surface area contributed by atoms with Crippen molar-refractivity contribution in [1.82, 2.24) is 14.8 Å². The average Bonchev–Trinajstić information content (AvgIpc) is 3.47. The molecule has 0 unspecified atom stereocenters. The van der Waals surface area contributed by atoms with E-state index in [-0.39, 0.29) is 12.1 Å². The van der Waals surface area contributed by atoms with Crippen LogP contribution in [0.25, 0.3) is 11.8 Å². The summed E-state index contributed by atoms with van der Waals surface area (Å²) < 4.78 is 13.8. The number of aryl methyl sites for hydroxylation is 1. The zero-order valence-electron chi connectivity index (χ0n) is 19.9. The summed E-state index contributed by atoms with van der Waals surface area (Å²) in [4.78, 5) is 41.2. The molecule has 186 valence electrons. The quantitative estimate of drug-likeness (QED) is 0.380. The summed E-state index contributed by atoms with van der Waals surface area (Å²) in [6.07, 6.45) is 3.00. The molecular formula is C26H25BrN4O5. The van der Waals surface area contributed by atoms with Crippen LogP contribution in [0.4, 0.5) is 10.5 Å². The summed E-state index contributed by atoms with van der Waals surface area (Å²) in [5.41, 5.74) is 4.47. The topological polar surface area (TPSA) is 97.0 Å². The monoisotopic (exact) mass is 552 g/mol. The number of benzene rings is 1. The molecule has 3 aromatic rings. The van der Waals surface area contributed by atoms with Crippen molar-refractivity contribution in [2.45, 2.75) is 20.4 Å². The summed E-state index contributed by atoms with van der Waals surface area (Å²) >= 11 is 3.72. The maximum Gasteiger partial charge on any atom is 0.331 e. The summed E-state index contributed by atoms with van der Waals surface area (Å²) in [7, 11) is 0. The molecule has 5 rings (SSSR count). The summed E-state index contributed by atoms with van der Waals surface area (Å²) in [5.74, 6) is -0.942. The summed E-state index contributed by atoms with van der Waals surface area (Å²) in [6.45, 7) is 6.93. The zero-order chi connectivity index (χ0) is 25.4. The van der Waals surface area contributed by atoms with Gasteiger partial charge in [0.2, 0.25) is 0 Å². The first-order chi connectivity index (χ1) is 17.3. The Bertz CT molecular complexity index is 1370. The SMILES string of the molecule is Cc1cc(/C=C2\C(=O)NC(=O)N(Cc3ccco3)C2=O)c(C)n1-c1ccc(N2CCOCC2)c(Br)c1. The lowest BCUT2D eigenvalue weighted by Crippen LogP contribution is -2.53. The van der Waals surface area contributed by atoms with E-state index in [1.807, 2.05) is 19.9 Å². The predicted octanol–water partition coefficient (Wildman–Crippen LogP) is 3.95. The van der Waals surface area contributed by atoms with Gasteiger partial charge in [0.05, 0.1) is 31.7 Å². The first kappa shape index (κ1) is 24.1. The van der Waals surface area contributed by atoms with Crippen molar-refractivity contribution in [3.63, 3.8) is 0 Å². The lowest BCUT2D eigenvalue weighted by atomic mass is 10.1. The van der Waals surface area contributed by atoms with Gasteiger partial charge < -0.3 is 18.6 Å². The van der Waals surface area contributed by atoms with Crippen molar-refractivity contribution in [2.75, 3.05) is 31.2 Å². The molecule has 0 atom stereocenters. The van der Waals surface area contributed by atoms with E-state index in [9.17, 15) is 14.4 Å². The first-order valence-corrected chi connectivity index (χ1v) is 12.4. The number of carbonyl (C=O) groups excluding carboxylic acids is 3. The number of morpholine rings is 1. The molecule has 1 N–H and O–H groups in total. The second-order valence-corrected chi connectivity index (χ2v) is 9.54. The van der Waals surface area contributed by atoms with Crippen molar-refractivity contribution in [1.29, 1.82) is 0 Å². The number of carbonyl (C=O) groups is 3. The summed E-state index contributed by atoms with van der Waals surface area (Å²) in [6, 6.07) is 10.7. The number of halogens is 1. The van der Waals surface area contributed by atoms with Crippen molar-refractivity contribution < 1.29 is 23.5 Å². The van der Waals surface area contributed by atoms with Crippen LogP contribution in [0.5, 0.6) is 0 Å². The maximum atomic E-state index is 13.1. The van der Waals surface area contributed by atoms with Gasteiger partial charge in [-0.05, 0) is 77.8 Å². The molecule has 4 heterocycles. The van der Waals surface area contributed by atoms with Gasteiger partial charge in [0, 0.05) is 34.6 Å². The van der Waals surface area contributed by atoms with Gasteiger partial charge >= 0.3 is 6.03 Å². The Hall–Kier alpha value is -3.63. The lowest BCUT2D eigenvalue weighted by Gasteiger charge is -2.30. The number of aromatic nitrogens is 1. The minimum absolute atomic E-state index is 0.0647. The Morgan fingerprint density at radius 2 is 1.86 bits per heavy atom. The van der Waals surface area contributed by atoms with E-state index in [1.165, 1.54) is 12.3 Å². The van der Waals surface area contributed by atoms with Crippen LogP contribution in [0.1, 0.15) is 22.7 Å². The number of amides is 4. The van der Waals surface area contributed by atoms with Gasteiger partial charge in [0.1, 0.15) is 11.3 Å². The van der Waals surface area contributed by atoms with Crippen LogP contribution in [-0.4, -0.2) is 53.6 Å². The molecule has 4 amide bonds. The van der Waals surface area contributed by atoms with Crippen LogP contribution in [0, 0.1) is 13.8 Å². The van der Waals surface area contributed by atoms with E-state index >= 15 is 0 Å². The van der Waals surface area contributed by atoms with Crippen LogP contribution < -0.4 is 10.2 Å². The number of anilines is 1. The molecule has 2 aliphatic rings. The van der Waals surface area contributed by atoms with Crippen molar-refractivity contribution in [2.24, 2.45) is 0 Å². The average molecular weight is 553 g/mol. The normalized spacial score (nSPS) is 17.8. The predicted molar refractivity (Wildman–Crippen MR) is 137 cm³/mol. The number of urea groups is 1. The van der Waals surface area contributed by atoms with Crippen LogP contribution in [0.15, 0.2) is 57.1 Å². The standard InChI is InChI=1S/C26H25BrN4O5/c1-16-12-18(13-21-24(32)28-26(34)30(25(21)33)15-20-4-3-9-36-20)17(2)31(16)19-5-6-23(22(27)14-19)29-7-10-35-11-8-29/h3-6,9,12-14H,7-8,10-11,15H2,1-2H3,(H,28,32,34)/b21-13+. The second kappa shape index (κ2) is 9.79. The van der Waals surface area contributed by atoms with Crippen molar-refractivity contribution in [3.8, 4) is 5.69 Å². The number of furan rings is 1.